The maximum atomic E-state index is 6.39. The van der Waals surface area contributed by atoms with E-state index in [4.69, 9.17) is 4.74 Å². The first-order chi connectivity index (χ1) is 11.0. The summed E-state index contributed by atoms with van der Waals surface area (Å²) < 4.78 is 8.25. The maximum absolute atomic E-state index is 6.39. The molecular weight excluding hydrogens is 296 g/mol. The first-order valence-electron chi connectivity index (χ1n) is 10.3. The number of hydrogen-bond donors (Lipinski definition) is 0. The molecule has 0 amide bonds. The summed E-state index contributed by atoms with van der Waals surface area (Å²) in [7, 11) is 13.7. The van der Waals surface area contributed by atoms with Crippen molar-refractivity contribution in [2.24, 2.45) is 0 Å². The van der Waals surface area contributed by atoms with Crippen molar-refractivity contribution in [1.82, 2.24) is 0 Å². The van der Waals surface area contributed by atoms with Crippen LogP contribution >= 0.6 is 0 Å². The molecule has 0 saturated heterocycles. The zero-order valence-electron chi connectivity index (χ0n) is 18.4. The zero-order valence-corrected chi connectivity index (χ0v) is 18.4. The van der Waals surface area contributed by atoms with Gasteiger partial charge in [-0.15, -0.1) is 0 Å². The van der Waals surface area contributed by atoms with Gasteiger partial charge in [-0.1, -0.05) is 58.3 Å². The standard InChI is InChI=1S/C21H48N2O/c1-10-11-12-13-14-15-16-17-18-19(2)24-20(3)21(22(4,5)6)23(7,8)9/h19-21H,10-18H2,1-9H3/q+2. The number of quaternary nitrogens is 2. The molecule has 0 aromatic heterocycles. The molecule has 146 valence electrons. The highest BCUT2D eigenvalue weighted by atomic mass is 16.5. The molecule has 2 atom stereocenters. The monoisotopic (exact) mass is 344 g/mol. The van der Waals surface area contributed by atoms with E-state index < -0.39 is 0 Å². The topological polar surface area (TPSA) is 9.23 Å². The molecule has 0 radical (unpaired) electrons. The first-order valence-corrected chi connectivity index (χ1v) is 10.3. The molecule has 3 heteroatoms. The van der Waals surface area contributed by atoms with Gasteiger partial charge in [-0.05, 0) is 20.3 Å². The Kier molecular flexibility index (Phi) is 11.4. The van der Waals surface area contributed by atoms with Crippen LogP contribution in [-0.2, 0) is 4.74 Å². The van der Waals surface area contributed by atoms with E-state index in [2.05, 4.69) is 63.1 Å². The Balaban J connectivity index is 4.06. The lowest BCUT2D eigenvalue weighted by Crippen LogP contribution is -2.66. The van der Waals surface area contributed by atoms with Gasteiger partial charge in [0.15, 0.2) is 6.10 Å². The SMILES string of the molecule is CCCCCCCCCCC(C)OC(C)C([N+](C)(C)C)[N+](C)(C)C. The quantitative estimate of drug-likeness (QED) is 0.243. The van der Waals surface area contributed by atoms with Crippen LogP contribution in [0.2, 0.25) is 0 Å². The van der Waals surface area contributed by atoms with Gasteiger partial charge in [-0.2, -0.15) is 0 Å². The fourth-order valence-corrected chi connectivity index (χ4v) is 4.37. The molecule has 24 heavy (non-hydrogen) atoms. The van der Waals surface area contributed by atoms with E-state index in [0.29, 0.717) is 12.3 Å². The van der Waals surface area contributed by atoms with E-state index in [9.17, 15) is 0 Å². The van der Waals surface area contributed by atoms with Crippen LogP contribution in [0.5, 0.6) is 0 Å². The van der Waals surface area contributed by atoms with Crippen molar-refractivity contribution in [1.29, 1.82) is 0 Å². The summed E-state index contributed by atoms with van der Waals surface area (Å²) in [6.45, 7) is 6.78. The van der Waals surface area contributed by atoms with Crippen LogP contribution in [-0.4, -0.2) is 69.6 Å². The molecule has 0 aromatic carbocycles. The van der Waals surface area contributed by atoms with Gasteiger partial charge in [0.2, 0.25) is 6.17 Å². The van der Waals surface area contributed by atoms with Crippen molar-refractivity contribution in [2.45, 2.75) is 96.9 Å². The van der Waals surface area contributed by atoms with E-state index >= 15 is 0 Å². The van der Waals surface area contributed by atoms with Crippen molar-refractivity contribution in [3.05, 3.63) is 0 Å². The van der Waals surface area contributed by atoms with Crippen LogP contribution in [0.1, 0.15) is 78.6 Å². The fraction of sp³-hybridized carbons (Fsp3) is 1.00. The number of unbranched alkanes of at least 4 members (excludes halogenated alkanes) is 7. The minimum absolute atomic E-state index is 0.258. The Morgan fingerprint density at radius 1 is 0.667 bits per heavy atom. The van der Waals surface area contributed by atoms with E-state index in [1.807, 2.05) is 0 Å². The predicted molar refractivity (Wildman–Crippen MR) is 107 cm³/mol. The van der Waals surface area contributed by atoms with Crippen molar-refractivity contribution in [3.63, 3.8) is 0 Å². The number of hydrogen-bond acceptors (Lipinski definition) is 1. The molecule has 0 aliphatic rings. The summed E-state index contributed by atoms with van der Waals surface area (Å²) in [5, 5.41) is 0. The molecule has 0 heterocycles. The Hall–Kier alpha value is -0.120. The Morgan fingerprint density at radius 3 is 1.50 bits per heavy atom. The van der Waals surface area contributed by atoms with E-state index in [1.54, 1.807) is 0 Å². The van der Waals surface area contributed by atoms with Crippen LogP contribution in [0.3, 0.4) is 0 Å². The molecule has 0 spiro atoms. The molecule has 0 saturated carbocycles. The first kappa shape index (κ1) is 23.9. The second-order valence-corrected chi connectivity index (χ2v) is 9.56. The predicted octanol–water partition coefficient (Wildman–Crippen LogP) is 5.05. The summed E-state index contributed by atoms with van der Waals surface area (Å²) in [4.78, 5) is 0. The summed E-state index contributed by atoms with van der Waals surface area (Å²) in [5.74, 6) is 0. The van der Waals surface area contributed by atoms with E-state index in [0.717, 1.165) is 8.97 Å². The van der Waals surface area contributed by atoms with E-state index in [1.165, 1.54) is 57.8 Å². The van der Waals surface area contributed by atoms with Crippen LogP contribution < -0.4 is 0 Å². The number of rotatable bonds is 14. The van der Waals surface area contributed by atoms with Crippen molar-refractivity contribution < 1.29 is 13.7 Å². The molecule has 3 nitrogen and oxygen atoms in total. The molecule has 0 fully saturated rings. The average molecular weight is 345 g/mol. The maximum Gasteiger partial charge on any atom is 0.241 e. The van der Waals surface area contributed by atoms with Gasteiger partial charge in [0.25, 0.3) is 0 Å². The molecule has 0 bridgehead atoms. The van der Waals surface area contributed by atoms with Gasteiger partial charge in [0.05, 0.1) is 48.4 Å². The molecule has 0 aliphatic carbocycles. The van der Waals surface area contributed by atoms with Gasteiger partial charge in [0, 0.05) is 0 Å². The molecule has 0 rings (SSSR count). The van der Waals surface area contributed by atoms with Gasteiger partial charge < -0.3 is 4.74 Å². The van der Waals surface area contributed by atoms with Crippen molar-refractivity contribution >= 4 is 0 Å². The number of ether oxygens (including phenoxy) is 1. The molecular formula is C21H48N2O+2. The molecule has 0 aromatic rings. The summed E-state index contributed by atoms with van der Waals surface area (Å²) >= 11 is 0. The highest BCUT2D eigenvalue weighted by molar-refractivity contribution is 4.61. The van der Waals surface area contributed by atoms with Crippen LogP contribution in [0.4, 0.5) is 0 Å². The minimum Gasteiger partial charge on any atom is -0.363 e. The lowest BCUT2D eigenvalue weighted by atomic mass is 10.1. The highest BCUT2D eigenvalue weighted by Crippen LogP contribution is 2.21. The molecule has 0 aliphatic heterocycles. The third-order valence-corrected chi connectivity index (χ3v) is 4.92. The minimum atomic E-state index is 0.258. The van der Waals surface area contributed by atoms with Gasteiger partial charge >= 0.3 is 0 Å². The Bertz CT molecular complexity index is 290. The second kappa shape index (κ2) is 11.5. The van der Waals surface area contributed by atoms with Crippen molar-refractivity contribution in [3.8, 4) is 0 Å². The lowest BCUT2D eigenvalue weighted by molar-refractivity contribution is -1.09. The molecule has 0 N–H and O–H groups in total. The molecule has 2 unspecified atom stereocenters. The summed E-state index contributed by atoms with van der Waals surface area (Å²) in [6.07, 6.45) is 13.3. The third kappa shape index (κ3) is 10.7. The largest absolute Gasteiger partial charge is 0.363 e. The second-order valence-electron chi connectivity index (χ2n) is 9.56. The van der Waals surface area contributed by atoms with Crippen molar-refractivity contribution in [2.75, 3.05) is 42.3 Å². The Labute approximate surface area is 153 Å². The number of likely N-dealkylation sites (N-methyl/N-ethyl adjacent to an activating group) is 2. The van der Waals surface area contributed by atoms with Gasteiger partial charge in [0.1, 0.15) is 0 Å². The highest BCUT2D eigenvalue weighted by Gasteiger charge is 2.42. The lowest BCUT2D eigenvalue weighted by Gasteiger charge is -2.45. The normalized spacial score (nSPS) is 15.8. The van der Waals surface area contributed by atoms with Crippen LogP contribution in [0.25, 0.3) is 0 Å². The third-order valence-electron chi connectivity index (χ3n) is 4.92. The van der Waals surface area contributed by atoms with Crippen LogP contribution in [0.15, 0.2) is 0 Å². The Morgan fingerprint density at radius 2 is 1.08 bits per heavy atom. The zero-order chi connectivity index (χ0) is 18.8. The van der Waals surface area contributed by atoms with E-state index in [-0.39, 0.29) is 6.10 Å². The smallest absolute Gasteiger partial charge is 0.241 e. The summed E-state index contributed by atoms with van der Waals surface area (Å²) in [5.41, 5.74) is 0. The number of nitrogens with zero attached hydrogens (tertiary/aromatic N) is 2. The van der Waals surface area contributed by atoms with Gasteiger partial charge in [-0.25, -0.2) is 0 Å². The average Bonchev–Trinajstić information content (AvgIpc) is 2.38. The van der Waals surface area contributed by atoms with Gasteiger partial charge in [-0.3, -0.25) is 8.97 Å². The summed E-state index contributed by atoms with van der Waals surface area (Å²) in [6, 6.07) is 0. The fourth-order valence-electron chi connectivity index (χ4n) is 4.37. The van der Waals surface area contributed by atoms with Crippen LogP contribution in [0, 0.1) is 0 Å².